The van der Waals surface area contributed by atoms with Crippen molar-refractivity contribution in [2.45, 2.75) is 45.8 Å². The van der Waals surface area contributed by atoms with Crippen LogP contribution in [-0.4, -0.2) is 26.4 Å². The number of benzene rings is 1. The van der Waals surface area contributed by atoms with Crippen LogP contribution in [-0.2, 0) is 15.9 Å². The van der Waals surface area contributed by atoms with Gasteiger partial charge in [-0.25, -0.2) is 0 Å². The average molecular weight is 276 g/mol. The highest BCUT2D eigenvalue weighted by atomic mass is 16.5. The van der Waals surface area contributed by atoms with Gasteiger partial charge in [-0.3, -0.25) is 0 Å². The summed E-state index contributed by atoms with van der Waals surface area (Å²) in [5.74, 6) is 0. The lowest BCUT2D eigenvalue weighted by molar-refractivity contribution is -0.0817. The summed E-state index contributed by atoms with van der Waals surface area (Å²) < 4.78 is 11.4. The molecule has 0 aliphatic carbocycles. The number of ether oxygens (including phenoxy) is 2. The fraction of sp³-hybridized carbons (Fsp3) is 0.556. The summed E-state index contributed by atoms with van der Waals surface area (Å²) >= 11 is 0. The second kappa shape index (κ2) is 7.61. The lowest BCUT2D eigenvalue weighted by Crippen LogP contribution is -2.43. The van der Waals surface area contributed by atoms with Gasteiger partial charge in [-0.2, -0.15) is 0 Å². The maximum atomic E-state index is 5.76. The Labute approximate surface area is 123 Å². The van der Waals surface area contributed by atoms with Gasteiger partial charge in [-0.1, -0.05) is 49.8 Å². The summed E-state index contributed by atoms with van der Waals surface area (Å²) in [6.07, 6.45) is 3.84. The third kappa shape index (κ3) is 4.19. The standard InChI is InChI=1S/C18H28O2/c1-7-8-16(19-5)18(3,4)17(20-6)13-15-11-9-14(2)10-12-15/h7,9-12,16-17H,1,8,13H2,2-6H3/t16-,17?/m0/s1. The first kappa shape index (κ1) is 16.9. The number of hydrogen-bond acceptors (Lipinski definition) is 2. The third-order valence-electron chi connectivity index (χ3n) is 4.15. The number of aryl methyl sites for hydroxylation is 1. The molecule has 20 heavy (non-hydrogen) atoms. The minimum Gasteiger partial charge on any atom is -0.380 e. The van der Waals surface area contributed by atoms with Crippen LogP contribution < -0.4 is 0 Å². The summed E-state index contributed by atoms with van der Waals surface area (Å²) in [6.45, 7) is 10.3. The Hall–Kier alpha value is -1.12. The number of hydrogen-bond donors (Lipinski definition) is 0. The van der Waals surface area contributed by atoms with Crippen molar-refractivity contribution in [1.82, 2.24) is 0 Å². The summed E-state index contributed by atoms with van der Waals surface area (Å²) in [6, 6.07) is 8.64. The smallest absolute Gasteiger partial charge is 0.0687 e. The Morgan fingerprint density at radius 1 is 1.10 bits per heavy atom. The lowest BCUT2D eigenvalue weighted by atomic mass is 9.77. The van der Waals surface area contributed by atoms with Gasteiger partial charge in [-0.15, -0.1) is 6.58 Å². The van der Waals surface area contributed by atoms with Crippen molar-refractivity contribution in [3.63, 3.8) is 0 Å². The predicted molar refractivity (Wildman–Crippen MR) is 85.1 cm³/mol. The molecule has 0 aliphatic heterocycles. The zero-order valence-corrected chi connectivity index (χ0v) is 13.5. The Bertz CT molecular complexity index is 406. The van der Waals surface area contributed by atoms with Gasteiger partial charge in [0, 0.05) is 19.6 Å². The van der Waals surface area contributed by atoms with E-state index in [0.29, 0.717) is 0 Å². The van der Waals surface area contributed by atoms with Gasteiger partial charge < -0.3 is 9.47 Å². The maximum Gasteiger partial charge on any atom is 0.0687 e. The molecule has 1 rings (SSSR count). The first-order chi connectivity index (χ1) is 9.45. The van der Waals surface area contributed by atoms with Crippen molar-refractivity contribution < 1.29 is 9.47 Å². The Morgan fingerprint density at radius 2 is 1.65 bits per heavy atom. The molecule has 0 saturated heterocycles. The molecule has 112 valence electrons. The highest BCUT2D eigenvalue weighted by molar-refractivity contribution is 5.22. The first-order valence-corrected chi connectivity index (χ1v) is 7.17. The van der Waals surface area contributed by atoms with Crippen molar-refractivity contribution in [2.24, 2.45) is 5.41 Å². The van der Waals surface area contributed by atoms with E-state index in [-0.39, 0.29) is 17.6 Å². The minimum atomic E-state index is -0.0808. The lowest BCUT2D eigenvalue weighted by Gasteiger charge is -2.39. The highest BCUT2D eigenvalue weighted by Gasteiger charge is 2.37. The fourth-order valence-corrected chi connectivity index (χ4v) is 2.65. The van der Waals surface area contributed by atoms with E-state index in [0.717, 1.165) is 12.8 Å². The molecule has 0 amide bonds. The number of methoxy groups -OCH3 is 2. The molecule has 1 aromatic rings. The molecule has 2 nitrogen and oxygen atoms in total. The molecule has 0 radical (unpaired) electrons. The maximum absolute atomic E-state index is 5.76. The second-order valence-electron chi connectivity index (χ2n) is 5.98. The normalized spacial score (nSPS) is 14.8. The van der Waals surface area contributed by atoms with Gasteiger partial charge in [-0.05, 0) is 25.3 Å². The van der Waals surface area contributed by atoms with Gasteiger partial charge in [0.2, 0.25) is 0 Å². The number of rotatable bonds is 8. The summed E-state index contributed by atoms with van der Waals surface area (Å²) in [5.41, 5.74) is 2.50. The van der Waals surface area contributed by atoms with Gasteiger partial charge in [0.25, 0.3) is 0 Å². The molecule has 2 heteroatoms. The molecule has 0 aromatic heterocycles. The zero-order valence-electron chi connectivity index (χ0n) is 13.5. The molecule has 0 spiro atoms. The van der Waals surface area contributed by atoms with E-state index in [2.05, 4.69) is 51.6 Å². The van der Waals surface area contributed by atoms with Crippen LogP contribution in [0.15, 0.2) is 36.9 Å². The third-order valence-corrected chi connectivity index (χ3v) is 4.15. The molecule has 1 unspecified atom stereocenters. The van der Waals surface area contributed by atoms with Gasteiger partial charge >= 0.3 is 0 Å². The van der Waals surface area contributed by atoms with E-state index < -0.39 is 0 Å². The SMILES string of the molecule is C=CC[C@H](OC)C(C)(C)C(Cc1ccc(C)cc1)OC. The summed E-state index contributed by atoms with van der Waals surface area (Å²) in [7, 11) is 3.54. The quantitative estimate of drug-likeness (QED) is 0.663. The molecule has 2 atom stereocenters. The van der Waals surface area contributed by atoms with Crippen molar-refractivity contribution >= 4 is 0 Å². The second-order valence-corrected chi connectivity index (χ2v) is 5.98. The van der Waals surface area contributed by atoms with Crippen LogP contribution in [0.4, 0.5) is 0 Å². The Kier molecular flexibility index (Phi) is 6.44. The van der Waals surface area contributed by atoms with Gasteiger partial charge in [0.1, 0.15) is 0 Å². The largest absolute Gasteiger partial charge is 0.380 e. The van der Waals surface area contributed by atoms with Crippen molar-refractivity contribution in [2.75, 3.05) is 14.2 Å². The monoisotopic (exact) mass is 276 g/mol. The first-order valence-electron chi connectivity index (χ1n) is 7.17. The molecular weight excluding hydrogens is 248 g/mol. The Balaban J connectivity index is 2.87. The van der Waals surface area contributed by atoms with E-state index >= 15 is 0 Å². The average Bonchev–Trinajstić information content (AvgIpc) is 2.43. The molecule has 0 fully saturated rings. The van der Waals surface area contributed by atoms with Crippen LogP contribution in [0, 0.1) is 12.3 Å². The van der Waals surface area contributed by atoms with E-state index in [9.17, 15) is 0 Å². The van der Waals surface area contributed by atoms with Gasteiger partial charge in [0.15, 0.2) is 0 Å². The summed E-state index contributed by atoms with van der Waals surface area (Å²) in [4.78, 5) is 0. The van der Waals surface area contributed by atoms with Crippen molar-refractivity contribution in [3.8, 4) is 0 Å². The van der Waals surface area contributed by atoms with Crippen LogP contribution >= 0.6 is 0 Å². The van der Waals surface area contributed by atoms with Gasteiger partial charge in [0.05, 0.1) is 12.2 Å². The molecule has 0 saturated carbocycles. The van der Waals surface area contributed by atoms with Crippen LogP contribution in [0.2, 0.25) is 0 Å². The van der Waals surface area contributed by atoms with Crippen molar-refractivity contribution in [3.05, 3.63) is 48.0 Å². The molecule has 1 aromatic carbocycles. The highest BCUT2D eigenvalue weighted by Crippen LogP contribution is 2.33. The molecule has 0 N–H and O–H groups in total. The fourth-order valence-electron chi connectivity index (χ4n) is 2.65. The molecule has 0 heterocycles. The van der Waals surface area contributed by atoms with Crippen molar-refractivity contribution in [1.29, 1.82) is 0 Å². The zero-order chi connectivity index (χ0) is 15.2. The van der Waals surface area contributed by atoms with Crippen LogP contribution in [0.5, 0.6) is 0 Å². The van der Waals surface area contributed by atoms with E-state index in [4.69, 9.17) is 9.47 Å². The van der Waals surface area contributed by atoms with E-state index in [1.807, 2.05) is 6.08 Å². The molecule has 0 aliphatic rings. The van der Waals surface area contributed by atoms with E-state index in [1.165, 1.54) is 11.1 Å². The summed E-state index contributed by atoms with van der Waals surface area (Å²) in [5, 5.41) is 0. The topological polar surface area (TPSA) is 18.5 Å². The molecular formula is C18H28O2. The van der Waals surface area contributed by atoms with Crippen LogP contribution in [0.3, 0.4) is 0 Å². The minimum absolute atomic E-state index is 0.0808. The van der Waals surface area contributed by atoms with E-state index in [1.54, 1.807) is 14.2 Å². The predicted octanol–water partition coefficient (Wildman–Crippen LogP) is 4.17. The molecule has 0 bridgehead atoms. The van der Waals surface area contributed by atoms with Crippen LogP contribution in [0.25, 0.3) is 0 Å². The van der Waals surface area contributed by atoms with Crippen LogP contribution in [0.1, 0.15) is 31.4 Å². The Morgan fingerprint density at radius 3 is 2.10 bits per heavy atom.